The predicted molar refractivity (Wildman–Crippen MR) is 68.6 cm³/mol. The number of methoxy groups -OCH3 is 2. The molecule has 1 heterocycles. The summed E-state index contributed by atoms with van der Waals surface area (Å²) in [7, 11) is 3.19. The zero-order valence-electron chi connectivity index (χ0n) is 9.92. The third-order valence-corrected chi connectivity index (χ3v) is 3.87. The van der Waals surface area contributed by atoms with E-state index in [4.69, 9.17) is 9.47 Å². The topological polar surface area (TPSA) is 50.7 Å². The number of rotatable bonds is 3. The Morgan fingerprint density at radius 1 is 1.35 bits per heavy atom. The van der Waals surface area contributed by atoms with Crippen molar-refractivity contribution < 1.29 is 14.6 Å². The maximum absolute atomic E-state index is 10.6. The Morgan fingerprint density at radius 2 is 2.12 bits per heavy atom. The van der Waals surface area contributed by atoms with Gasteiger partial charge in [0.15, 0.2) is 0 Å². The molecule has 0 radical (unpaired) electrons. The lowest BCUT2D eigenvalue weighted by molar-refractivity contribution is 0.0559. The van der Waals surface area contributed by atoms with Crippen LogP contribution in [-0.2, 0) is 5.60 Å². The lowest BCUT2D eigenvalue weighted by Crippen LogP contribution is -2.29. The molecule has 2 N–H and O–H groups in total. The molecule has 1 fully saturated rings. The van der Waals surface area contributed by atoms with Gasteiger partial charge < -0.3 is 19.9 Å². The van der Waals surface area contributed by atoms with Crippen molar-refractivity contribution in [2.24, 2.45) is 0 Å². The second-order valence-corrected chi connectivity index (χ2v) is 4.91. The highest BCUT2D eigenvalue weighted by atomic mass is 79.9. The fourth-order valence-electron chi connectivity index (χ4n) is 2.17. The van der Waals surface area contributed by atoms with E-state index >= 15 is 0 Å². The summed E-state index contributed by atoms with van der Waals surface area (Å²) in [6.45, 7) is 1.35. The third kappa shape index (κ3) is 2.14. The molecular weight excluding hydrogens is 286 g/mol. The quantitative estimate of drug-likeness (QED) is 0.891. The first-order valence-corrected chi connectivity index (χ1v) is 6.26. The molecule has 0 aromatic heterocycles. The number of nitrogens with one attached hydrogen (secondary N) is 1. The van der Waals surface area contributed by atoms with E-state index in [0.29, 0.717) is 24.5 Å². The van der Waals surface area contributed by atoms with Crippen molar-refractivity contribution in [3.8, 4) is 11.5 Å². The highest BCUT2D eigenvalue weighted by Gasteiger charge is 2.36. The Hall–Kier alpha value is -0.780. The summed E-state index contributed by atoms with van der Waals surface area (Å²) in [4.78, 5) is 0. The largest absolute Gasteiger partial charge is 0.495 e. The fraction of sp³-hybridized carbons (Fsp3) is 0.500. The Morgan fingerprint density at radius 3 is 2.65 bits per heavy atom. The molecule has 1 atom stereocenters. The summed E-state index contributed by atoms with van der Waals surface area (Å²) in [5.74, 6) is 1.33. The average Bonchev–Trinajstić information content (AvgIpc) is 2.77. The van der Waals surface area contributed by atoms with E-state index in [1.807, 2.05) is 12.1 Å². The smallest absolute Gasteiger partial charge is 0.142 e. The molecular formula is C12H16BrNO3. The van der Waals surface area contributed by atoms with E-state index in [1.165, 1.54) is 0 Å². The van der Waals surface area contributed by atoms with E-state index in [0.717, 1.165) is 16.6 Å². The second kappa shape index (κ2) is 4.84. The minimum atomic E-state index is -0.861. The van der Waals surface area contributed by atoms with Crippen LogP contribution in [0.15, 0.2) is 16.6 Å². The summed E-state index contributed by atoms with van der Waals surface area (Å²) >= 11 is 3.44. The molecule has 1 aromatic rings. The van der Waals surface area contributed by atoms with Crippen LogP contribution in [0.1, 0.15) is 12.0 Å². The Balaban J connectivity index is 2.50. The number of hydrogen-bond acceptors (Lipinski definition) is 4. The van der Waals surface area contributed by atoms with Gasteiger partial charge in [0, 0.05) is 12.1 Å². The van der Waals surface area contributed by atoms with Gasteiger partial charge in [-0.25, -0.2) is 0 Å². The summed E-state index contributed by atoms with van der Waals surface area (Å²) in [6.07, 6.45) is 0.683. The van der Waals surface area contributed by atoms with E-state index < -0.39 is 5.60 Å². The minimum Gasteiger partial charge on any atom is -0.495 e. The highest BCUT2D eigenvalue weighted by Crippen LogP contribution is 2.43. The van der Waals surface area contributed by atoms with Crippen molar-refractivity contribution in [1.82, 2.24) is 5.32 Å². The number of hydrogen-bond donors (Lipinski definition) is 2. The number of aliphatic hydroxyl groups is 1. The molecule has 0 amide bonds. The van der Waals surface area contributed by atoms with Gasteiger partial charge in [0.1, 0.15) is 21.6 Å². The van der Waals surface area contributed by atoms with Gasteiger partial charge in [0.2, 0.25) is 0 Å². The molecule has 1 aromatic carbocycles. The monoisotopic (exact) mass is 301 g/mol. The van der Waals surface area contributed by atoms with E-state index in [9.17, 15) is 5.11 Å². The fourth-order valence-corrected chi connectivity index (χ4v) is 2.84. The normalized spacial score (nSPS) is 23.8. The molecule has 2 rings (SSSR count). The van der Waals surface area contributed by atoms with E-state index in [-0.39, 0.29) is 0 Å². The third-order valence-electron chi connectivity index (χ3n) is 3.12. The molecule has 0 bridgehead atoms. The van der Waals surface area contributed by atoms with Gasteiger partial charge in [-0.15, -0.1) is 0 Å². The molecule has 0 saturated carbocycles. The van der Waals surface area contributed by atoms with E-state index in [2.05, 4.69) is 21.2 Å². The summed E-state index contributed by atoms with van der Waals surface area (Å²) in [5.41, 5.74) is -0.0715. The number of halogens is 1. The molecule has 0 aliphatic carbocycles. The first-order chi connectivity index (χ1) is 8.12. The van der Waals surface area contributed by atoms with Crippen LogP contribution in [0, 0.1) is 0 Å². The maximum atomic E-state index is 10.6. The van der Waals surface area contributed by atoms with Crippen LogP contribution >= 0.6 is 15.9 Å². The van der Waals surface area contributed by atoms with Crippen LogP contribution in [0.4, 0.5) is 0 Å². The molecule has 5 heteroatoms. The summed E-state index contributed by atoms with van der Waals surface area (Å²) in [5, 5.41) is 13.7. The Bertz CT molecular complexity index is 416. The van der Waals surface area contributed by atoms with Crippen LogP contribution in [0.25, 0.3) is 0 Å². The van der Waals surface area contributed by atoms with Gasteiger partial charge in [-0.1, -0.05) is 0 Å². The zero-order valence-corrected chi connectivity index (χ0v) is 11.5. The zero-order chi connectivity index (χ0) is 12.5. The maximum Gasteiger partial charge on any atom is 0.142 e. The van der Waals surface area contributed by atoms with Gasteiger partial charge in [0.25, 0.3) is 0 Å². The Labute approximate surface area is 109 Å². The SMILES string of the molecule is COc1ccc(C2(O)CCNC2)c(OC)c1Br. The molecule has 17 heavy (non-hydrogen) atoms. The minimum absolute atomic E-state index is 0.544. The van der Waals surface area contributed by atoms with Crippen molar-refractivity contribution in [2.75, 3.05) is 27.3 Å². The Kier molecular flexibility index (Phi) is 3.61. The van der Waals surface area contributed by atoms with Crippen molar-refractivity contribution in [2.45, 2.75) is 12.0 Å². The number of ether oxygens (including phenoxy) is 2. The van der Waals surface area contributed by atoms with Gasteiger partial charge >= 0.3 is 0 Å². The van der Waals surface area contributed by atoms with Crippen LogP contribution < -0.4 is 14.8 Å². The molecule has 94 valence electrons. The summed E-state index contributed by atoms with van der Waals surface area (Å²) < 4.78 is 11.3. The molecule has 0 spiro atoms. The van der Waals surface area contributed by atoms with Gasteiger partial charge in [-0.3, -0.25) is 0 Å². The van der Waals surface area contributed by atoms with Crippen LogP contribution in [0.5, 0.6) is 11.5 Å². The van der Waals surface area contributed by atoms with Crippen molar-refractivity contribution in [1.29, 1.82) is 0 Å². The average molecular weight is 302 g/mol. The number of β-amino-alcohol motifs (C(OH)–C–C–N with tert-alkyl or cyclic N) is 1. The van der Waals surface area contributed by atoms with Crippen molar-refractivity contribution in [3.63, 3.8) is 0 Å². The first-order valence-electron chi connectivity index (χ1n) is 5.46. The van der Waals surface area contributed by atoms with E-state index in [1.54, 1.807) is 14.2 Å². The molecule has 1 saturated heterocycles. The highest BCUT2D eigenvalue weighted by molar-refractivity contribution is 9.10. The lowest BCUT2D eigenvalue weighted by atomic mass is 9.92. The van der Waals surface area contributed by atoms with Crippen molar-refractivity contribution in [3.05, 3.63) is 22.2 Å². The molecule has 1 aliphatic rings. The van der Waals surface area contributed by atoms with Crippen LogP contribution in [-0.4, -0.2) is 32.4 Å². The lowest BCUT2D eigenvalue weighted by Gasteiger charge is -2.25. The van der Waals surface area contributed by atoms with Gasteiger partial charge in [0.05, 0.1) is 14.2 Å². The molecule has 1 unspecified atom stereocenters. The molecule has 1 aliphatic heterocycles. The predicted octanol–water partition coefficient (Wildman–Crippen LogP) is 1.65. The van der Waals surface area contributed by atoms with Gasteiger partial charge in [-0.05, 0) is 41.0 Å². The van der Waals surface area contributed by atoms with Crippen LogP contribution in [0.3, 0.4) is 0 Å². The van der Waals surface area contributed by atoms with Crippen molar-refractivity contribution >= 4 is 15.9 Å². The van der Waals surface area contributed by atoms with Crippen LogP contribution in [0.2, 0.25) is 0 Å². The standard InChI is InChI=1S/C12H16BrNO3/c1-16-9-4-3-8(11(17-2)10(9)13)12(15)5-6-14-7-12/h3-4,14-15H,5-7H2,1-2H3. The second-order valence-electron chi connectivity index (χ2n) is 4.12. The first kappa shape index (κ1) is 12.7. The van der Waals surface area contributed by atoms with Gasteiger partial charge in [-0.2, -0.15) is 0 Å². The summed E-state index contributed by atoms with van der Waals surface area (Å²) in [6, 6.07) is 3.69. The molecule has 4 nitrogen and oxygen atoms in total. The number of benzene rings is 1.